The zero-order chi connectivity index (χ0) is 8.55. The van der Waals surface area contributed by atoms with E-state index in [0.29, 0.717) is 12.2 Å². The Morgan fingerprint density at radius 1 is 1.58 bits per heavy atom. The molecule has 0 saturated carbocycles. The molecule has 0 saturated heterocycles. The fourth-order valence-electron chi connectivity index (χ4n) is 1.11. The maximum absolute atomic E-state index is 12.7. The highest BCUT2D eigenvalue weighted by Crippen LogP contribution is 2.06. The van der Waals surface area contributed by atoms with Crippen LogP contribution in [0.1, 0.15) is 5.69 Å². The number of imidazole rings is 1. The van der Waals surface area contributed by atoms with E-state index in [0.717, 1.165) is 5.69 Å². The molecule has 0 atom stereocenters. The highest BCUT2D eigenvalue weighted by molar-refractivity contribution is 5.39. The summed E-state index contributed by atoms with van der Waals surface area (Å²) >= 11 is 0. The standard InChI is InChI=1S/C8H8FN3/c9-6-1-2-12-5-7(4-10)11-8(12)3-6/h1-3,5H,4,10H2. The van der Waals surface area contributed by atoms with E-state index in [9.17, 15) is 4.39 Å². The van der Waals surface area contributed by atoms with Crippen LogP contribution < -0.4 is 5.73 Å². The summed E-state index contributed by atoms with van der Waals surface area (Å²) in [5.41, 5.74) is 6.74. The molecule has 2 N–H and O–H groups in total. The molecule has 0 bridgehead atoms. The molecule has 2 aromatic rings. The number of hydrogen-bond acceptors (Lipinski definition) is 2. The van der Waals surface area contributed by atoms with Crippen molar-refractivity contribution in [3.8, 4) is 0 Å². The quantitative estimate of drug-likeness (QED) is 0.683. The number of hydrogen-bond donors (Lipinski definition) is 1. The van der Waals surface area contributed by atoms with Crippen LogP contribution in [0.2, 0.25) is 0 Å². The van der Waals surface area contributed by atoms with Gasteiger partial charge in [0.05, 0.1) is 5.69 Å². The van der Waals surface area contributed by atoms with Crippen LogP contribution in [-0.4, -0.2) is 9.38 Å². The summed E-state index contributed by atoms with van der Waals surface area (Å²) in [6, 6.07) is 2.76. The van der Waals surface area contributed by atoms with E-state index in [4.69, 9.17) is 5.73 Å². The van der Waals surface area contributed by atoms with Crippen molar-refractivity contribution in [3.05, 3.63) is 36.0 Å². The molecule has 0 aliphatic heterocycles. The molecule has 2 aromatic heterocycles. The molecule has 0 unspecified atom stereocenters. The van der Waals surface area contributed by atoms with Crippen LogP contribution in [0.15, 0.2) is 24.5 Å². The van der Waals surface area contributed by atoms with Crippen molar-refractivity contribution in [2.24, 2.45) is 5.73 Å². The monoisotopic (exact) mass is 165 g/mol. The number of rotatable bonds is 1. The van der Waals surface area contributed by atoms with Crippen molar-refractivity contribution < 1.29 is 4.39 Å². The first kappa shape index (κ1) is 7.24. The third-order valence-corrected chi connectivity index (χ3v) is 1.68. The van der Waals surface area contributed by atoms with Gasteiger partial charge in [-0.1, -0.05) is 0 Å². The summed E-state index contributed by atoms with van der Waals surface area (Å²) in [5, 5.41) is 0. The molecule has 0 fully saturated rings. The van der Waals surface area contributed by atoms with Crippen LogP contribution in [0.25, 0.3) is 5.65 Å². The van der Waals surface area contributed by atoms with Crippen molar-refractivity contribution >= 4 is 5.65 Å². The smallest absolute Gasteiger partial charge is 0.139 e. The van der Waals surface area contributed by atoms with Crippen molar-refractivity contribution in [2.45, 2.75) is 6.54 Å². The average Bonchev–Trinajstić information content (AvgIpc) is 2.46. The highest BCUT2D eigenvalue weighted by Gasteiger charge is 1.99. The van der Waals surface area contributed by atoms with Crippen LogP contribution in [0.4, 0.5) is 4.39 Å². The van der Waals surface area contributed by atoms with Gasteiger partial charge in [0, 0.05) is 25.0 Å². The molecule has 2 rings (SSSR count). The van der Waals surface area contributed by atoms with Gasteiger partial charge in [-0.15, -0.1) is 0 Å². The predicted molar refractivity (Wildman–Crippen MR) is 43.0 cm³/mol. The summed E-state index contributed by atoms with van der Waals surface area (Å²) < 4.78 is 14.4. The molecule has 4 heteroatoms. The largest absolute Gasteiger partial charge is 0.325 e. The lowest BCUT2D eigenvalue weighted by Gasteiger charge is -1.89. The molecule has 0 amide bonds. The summed E-state index contributed by atoms with van der Waals surface area (Å²) in [6.45, 7) is 0.378. The topological polar surface area (TPSA) is 43.3 Å². The van der Waals surface area contributed by atoms with E-state index < -0.39 is 0 Å². The Bertz CT molecular complexity index is 408. The first-order valence-electron chi connectivity index (χ1n) is 3.63. The van der Waals surface area contributed by atoms with Gasteiger partial charge in [0.25, 0.3) is 0 Å². The number of nitrogens with two attached hydrogens (primary N) is 1. The van der Waals surface area contributed by atoms with Crippen LogP contribution in [0, 0.1) is 5.82 Å². The van der Waals surface area contributed by atoms with Gasteiger partial charge >= 0.3 is 0 Å². The maximum atomic E-state index is 12.7. The molecule has 12 heavy (non-hydrogen) atoms. The minimum absolute atomic E-state index is 0.281. The second-order valence-electron chi connectivity index (χ2n) is 2.55. The zero-order valence-corrected chi connectivity index (χ0v) is 6.37. The van der Waals surface area contributed by atoms with Gasteiger partial charge in [-0.3, -0.25) is 0 Å². The summed E-state index contributed by atoms with van der Waals surface area (Å²) in [6.07, 6.45) is 3.41. The van der Waals surface area contributed by atoms with Crippen LogP contribution >= 0.6 is 0 Å². The van der Waals surface area contributed by atoms with Crippen LogP contribution in [0.5, 0.6) is 0 Å². The Morgan fingerprint density at radius 3 is 3.17 bits per heavy atom. The van der Waals surface area contributed by atoms with Crippen molar-refractivity contribution in [1.82, 2.24) is 9.38 Å². The third kappa shape index (κ3) is 1.06. The van der Waals surface area contributed by atoms with Gasteiger partial charge in [0.1, 0.15) is 11.5 Å². The van der Waals surface area contributed by atoms with E-state index in [1.54, 1.807) is 16.8 Å². The lowest BCUT2D eigenvalue weighted by Crippen LogP contribution is -1.95. The Balaban J connectivity index is 2.67. The predicted octanol–water partition coefficient (Wildman–Crippen LogP) is 0.932. The van der Waals surface area contributed by atoms with Gasteiger partial charge in [-0.25, -0.2) is 9.37 Å². The number of fused-ring (bicyclic) bond motifs is 1. The van der Waals surface area contributed by atoms with Crippen molar-refractivity contribution in [3.63, 3.8) is 0 Å². The number of nitrogens with zero attached hydrogens (tertiary/aromatic N) is 2. The molecule has 0 aliphatic carbocycles. The summed E-state index contributed by atoms with van der Waals surface area (Å²) in [5.74, 6) is -0.281. The normalized spacial score (nSPS) is 10.8. The highest BCUT2D eigenvalue weighted by atomic mass is 19.1. The molecule has 0 radical (unpaired) electrons. The third-order valence-electron chi connectivity index (χ3n) is 1.68. The minimum Gasteiger partial charge on any atom is -0.325 e. The van der Waals surface area contributed by atoms with E-state index in [1.807, 2.05) is 0 Å². The van der Waals surface area contributed by atoms with E-state index in [-0.39, 0.29) is 5.82 Å². The van der Waals surface area contributed by atoms with Gasteiger partial charge in [0.2, 0.25) is 0 Å². The fraction of sp³-hybridized carbons (Fsp3) is 0.125. The van der Waals surface area contributed by atoms with E-state index >= 15 is 0 Å². The lowest BCUT2D eigenvalue weighted by molar-refractivity contribution is 0.626. The van der Waals surface area contributed by atoms with Crippen molar-refractivity contribution in [2.75, 3.05) is 0 Å². The average molecular weight is 165 g/mol. The minimum atomic E-state index is -0.281. The molecular formula is C8H8FN3. The van der Waals surface area contributed by atoms with Gasteiger partial charge in [-0.05, 0) is 6.07 Å². The first-order valence-corrected chi connectivity index (χ1v) is 3.63. The molecule has 0 aromatic carbocycles. The molecule has 62 valence electrons. The number of halogens is 1. The molecular weight excluding hydrogens is 157 g/mol. The Kier molecular flexibility index (Phi) is 1.55. The zero-order valence-electron chi connectivity index (χ0n) is 6.37. The Labute approximate surface area is 68.6 Å². The van der Waals surface area contributed by atoms with Gasteiger partial charge in [-0.2, -0.15) is 0 Å². The Morgan fingerprint density at radius 2 is 2.42 bits per heavy atom. The maximum Gasteiger partial charge on any atom is 0.139 e. The van der Waals surface area contributed by atoms with E-state index in [1.165, 1.54) is 12.1 Å². The second kappa shape index (κ2) is 2.57. The molecule has 0 spiro atoms. The van der Waals surface area contributed by atoms with Crippen LogP contribution in [0.3, 0.4) is 0 Å². The lowest BCUT2D eigenvalue weighted by atomic mass is 10.4. The summed E-state index contributed by atoms with van der Waals surface area (Å²) in [4.78, 5) is 4.09. The molecule has 2 heterocycles. The van der Waals surface area contributed by atoms with Crippen LogP contribution in [-0.2, 0) is 6.54 Å². The Hall–Kier alpha value is -1.42. The fourth-order valence-corrected chi connectivity index (χ4v) is 1.11. The first-order chi connectivity index (χ1) is 5.79. The molecule has 0 aliphatic rings. The summed E-state index contributed by atoms with van der Waals surface area (Å²) in [7, 11) is 0. The SMILES string of the molecule is NCc1cn2ccc(F)cc2n1. The van der Waals surface area contributed by atoms with Crippen molar-refractivity contribution in [1.29, 1.82) is 0 Å². The van der Waals surface area contributed by atoms with E-state index in [2.05, 4.69) is 4.98 Å². The van der Waals surface area contributed by atoms with Gasteiger partial charge < -0.3 is 10.1 Å². The molecule has 3 nitrogen and oxygen atoms in total. The van der Waals surface area contributed by atoms with Gasteiger partial charge in [0.15, 0.2) is 0 Å². The second-order valence-corrected chi connectivity index (χ2v) is 2.55. The number of aromatic nitrogens is 2. The number of pyridine rings is 1.